The highest BCUT2D eigenvalue weighted by Gasteiger charge is 2.04. The van der Waals surface area contributed by atoms with Crippen molar-refractivity contribution in [1.82, 2.24) is 5.43 Å². The van der Waals surface area contributed by atoms with Gasteiger partial charge in [0.15, 0.2) is 0 Å². The van der Waals surface area contributed by atoms with E-state index < -0.39 is 5.91 Å². The molecular formula is C15H12FIN2O2. The molecule has 1 amide bonds. The van der Waals surface area contributed by atoms with Crippen LogP contribution in [0.2, 0.25) is 0 Å². The average Bonchev–Trinajstić information content (AvgIpc) is 2.48. The maximum atomic E-state index is 12.8. The van der Waals surface area contributed by atoms with Gasteiger partial charge in [0.1, 0.15) is 11.6 Å². The first kappa shape index (κ1) is 15.4. The molecule has 0 bridgehead atoms. The van der Waals surface area contributed by atoms with Crippen molar-refractivity contribution in [2.75, 3.05) is 7.11 Å². The van der Waals surface area contributed by atoms with Crippen LogP contribution in [0.4, 0.5) is 4.39 Å². The molecule has 2 aromatic rings. The molecule has 1 N–H and O–H groups in total. The Balaban J connectivity index is 2.00. The van der Waals surface area contributed by atoms with Crippen molar-refractivity contribution in [2.24, 2.45) is 5.10 Å². The molecule has 0 radical (unpaired) electrons. The topological polar surface area (TPSA) is 50.7 Å². The molecule has 6 heteroatoms. The standard InChI is InChI=1S/C15H12FIN2O2/c1-21-14-7-2-10(8-13(14)17)9-18-19-15(20)11-3-5-12(16)6-4-11/h2-9H,1H3,(H,19,20). The van der Waals surface area contributed by atoms with Gasteiger partial charge in [-0.3, -0.25) is 4.79 Å². The van der Waals surface area contributed by atoms with Crippen LogP contribution in [0.5, 0.6) is 5.75 Å². The molecule has 0 aromatic heterocycles. The number of benzene rings is 2. The minimum atomic E-state index is -0.394. The molecule has 0 aliphatic heterocycles. The Bertz CT molecular complexity index is 672. The molecule has 0 heterocycles. The zero-order valence-corrected chi connectivity index (χ0v) is 13.3. The molecule has 0 aliphatic carbocycles. The highest BCUT2D eigenvalue weighted by atomic mass is 127. The number of methoxy groups -OCH3 is 1. The number of carbonyl (C=O) groups is 1. The summed E-state index contributed by atoms with van der Waals surface area (Å²) < 4.78 is 18.9. The van der Waals surface area contributed by atoms with E-state index in [-0.39, 0.29) is 5.82 Å². The molecule has 0 unspecified atom stereocenters. The molecule has 21 heavy (non-hydrogen) atoms. The summed E-state index contributed by atoms with van der Waals surface area (Å²) in [4.78, 5) is 11.7. The molecule has 0 aliphatic rings. The summed E-state index contributed by atoms with van der Waals surface area (Å²) in [5.74, 6) is 0.000385. The highest BCUT2D eigenvalue weighted by molar-refractivity contribution is 14.1. The van der Waals surface area contributed by atoms with Crippen molar-refractivity contribution in [3.05, 3.63) is 63.0 Å². The first-order chi connectivity index (χ1) is 10.1. The average molecular weight is 398 g/mol. The fourth-order valence-electron chi connectivity index (χ4n) is 1.59. The van der Waals surface area contributed by atoms with E-state index in [0.29, 0.717) is 5.56 Å². The van der Waals surface area contributed by atoms with Gasteiger partial charge in [0, 0.05) is 5.56 Å². The molecular weight excluding hydrogens is 386 g/mol. The fourth-order valence-corrected chi connectivity index (χ4v) is 2.35. The van der Waals surface area contributed by atoms with Crippen LogP contribution in [0.1, 0.15) is 15.9 Å². The fraction of sp³-hybridized carbons (Fsp3) is 0.0667. The number of nitrogens with zero attached hydrogens (tertiary/aromatic N) is 1. The number of hydrogen-bond donors (Lipinski definition) is 1. The van der Waals surface area contributed by atoms with Crippen LogP contribution in [0.15, 0.2) is 47.6 Å². The third-order valence-electron chi connectivity index (χ3n) is 2.66. The predicted molar refractivity (Wildman–Crippen MR) is 87.2 cm³/mol. The van der Waals surface area contributed by atoms with Crippen molar-refractivity contribution in [3.63, 3.8) is 0 Å². The molecule has 0 fully saturated rings. The van der Waals surface area contributed by atoms with Gasteiger partial charge in [0.2, 0.25) is 0 Å². The number of halogens is 2. The lowest BCUT2D eigenvalue weighted by Gasteiger charge is -2.03. The van der Waals surface area contributed by atoms with Gasteiger partial charge >= 0.3 is 0 Å². The third kappa shape index (κ3) is 4.25. The number of hydrazone groups is 1. The summed E-state index contributed by atoms with van der Waals surface area (Å²) in [7, 11) is 1.61. The first-order valence-corrected chi connectivity index (χ1v) is 7.10. The Morgan fingerprint density at radius 3 is 2.62 bits per heavy atom. The summed E-state index contributed by atoms with van der Waals surface area (Å²) in [6.07, 6.45) is 1.53. The summed E-state index contributed by atoms with van der Waals surface area (Å²) in [5.41, 5.74) is 3.57. The number of nitrogens with one attached hydrogen (secondary N) is 1. The Morgan fingerprint density at radius 2 is 2.00 bits per heavy atom. The zero-order valence-electron chi connectivity index (χ0n) is 11.1. The van der Waals surface area contributed by atoms with Crippen LogP contribution >= 0.6 is 22.6 Å². The van der Waals surface area contributed by atoms with Crippen LogP contribution < -0.4 is 10.2 Å². The molecule has 0 spiro atoms. The van der Waals surface area contributed by atoms with Crippen molar-refractivity contribution >= 4 is 34.7 Å². The van der Waals surface area contributed by atoms with Crippen LogP contribution in [-0.2, 0) is 0 Å². The van der Waals surface area contributed by atoms with Crippen molar-refractivity contribution in [3.8, 4) is 5.75 Å². The van der Waals surface area contributed by atoms with Crippen LogP contribution in [0.25, 0.3) is 0 Å². The van der Waals surface area contributed by atoms with E-state index in [1.807, 2.05) is 18.2 Å². The van der Waals surface area contributed by atoms with E-state index >= 15 is 0 Å². The Kier molecular flexibility index (Phi) is 5.26. The van der Waals surface area contributed by atoms with E-state index in [2.05, 4.69) is 33.1 Å². The smallest absolute Gasteiger partial charge is 0.271 e. The van der Waals surface area contributed by atoms with Gasteiger partial charge in [0.05, 0.1) is 16.9 Å². The Hall–Kier alpha value is -1.96. The molecule has 2 aromatic carbocycles. The minimum Gasteiger partial charge on any atom is -0.496 e. The third-order valence-corrected chi connectivity index (χ3v) is 3.50. The maximum absolute atomic E-state index is 12.8. The van der Waals surface area contributed by atoms with Crippen molar-refractivity contribution in [1.29, 1.82) is 0 Å². The summed E-state index contributed by atoms with van der Waals surface area (Å²) in [6.45, 7) is 0. The normalized spacial score (nSPS) is 10.6. The lowest BCUT2D eigenvalue weighted by molar-refractivity contribution is 0.0955. The van der Waals surface area contributed by atoms with Gasteiger partial charge in [-0.15, -0.1) is 0 Å². The number of amides is 1. The predicted octanol–water partition coefficient (Wildman–Crippen LogP) is 3.20. The molecule has 0 atom stereocenters. The van der Waals surface area contributed by atoms with Crippen LogP contribution in [-0.4, -0.2) is 19.2 Å². The molecule has 108 valence electrons. The van der Waals surface area contributed by atoms with E-state index in [9.17, 15) is 9.18 Å². The summed E-state index contributed by atoms with van der Waals surface area (Å²) in [5, 5.41) is 3.87. The molecule has 4 nitrogen and oxygen atoms in total. The molecule has 0 saturated carbocycles. The minimum absolute atomic E-state index is 0.345. The van der Waals surface area contributed by atoms with Gasteiger partial charge in [0.25, 0.3) is 5.91 Å². The SMILES string of the molecule is COc1ccc(C=NNC(=O)c2ccc(F)cc2)cc1I. The summed E-state index contributed by atoms with van der Waals surface area (Å²) in [6, 6.07) is 10.8. The van der Waals surface area contributed by atoms with Crippen molar-refractivity contribution < 1.29 is 13.9 Å². The Morgan fingerprint density at radius 1 is 1.29 bits per heavy atom. The lowest BCUT2D eigenvalue weighted by atomic mass is 10.2. The lowest BCUT2D eigenvalue weighted by Crippen LogP contribution is -2.17. The largest absolute Gasteiger partial charge is 0.496 e. The second-order valence-electron chi connectivity index (χ2n) is 4.10. The number of carbonyl (C=O) groups excluding carboxylic acids is 1. The van der Waals surface area contributed by atoms with E-state index in [0.717, 1.165) is 14.9 Å². The quantitative estimate of drug-likeness (QED) is 0.489. The maximum Gasteiger partial charge on any atom is 0.271 e. The van der Waals surface area contributed by atoms with Crippen LogP contribution in [0, 0.1) is 9.39 Å². The van der Waals surface area contributed by atoms with E-state index in [1.165, 1.54) is 30.5 Å². The number of rotatable bonds is 4. The monoisotopic (exact) mass is 398 g/mol. The second-order valence-corrected chi connectivity index (χ2v) is 5.26. The van der Waals surface area contributed by atoms with Gasteiger partial charge in [-0.2, -0.15) is 5.10 Å². The van der Waals surface area contributed by atoms with Gasteiger partial charge in [-0.05, 0) is 70.6 Å². The number of ether oxygens (including phenoxy) is 1. The van der Waals surface area contributed by atoms with Gasteiger partial charge in [-0.1, -0.05) is 0 Å². The van der Waals surface area contributed by atoms with E-state index in [4.69, 9.17) is 4.74 Å². The van der Waals surface area contributed by atoms with Gasteiger partial charge < -0.3 is 4.74 Å². The zero-order chi connectivity index (χ0) is 15.2. The molecule has 0 saturated heterocycles. The highest BCUT2D eigenvalue weighted by Crippen LogP contribution is 2.20. The number of hydrogen-bond acceptors (Lipinski definition) is 3. The van der Waals surface area contributed by atoms with Crippen molar-refractivity contribution in [2.45, 2.75) is 0 Å². The first-order valence-electron chi connectivity index (χ1n) is 6.02. The van der Waals surface area contributed by atoms with E-state index in [1.54, 1.807) is 7.11 Å². The van der Waals surface area contributed by atoms with Gasteiger partial charge in [-0.25, -0.2) is 9.82 Å². The Labute approximate surface area is 135 Å². The van der Waals surface area contributed by atoms with Crippen LogP contribution in [0.3, 0.4) is 0 Å². The molecule has 2 rings (SSSR count). The second kappa shape index (κ2) is 7.16. The summed E-state index contributed by atoms with van der Waals surface area (Å²) >= 11 is 2.15.